The molecule has 1 aromatic heterocycles. The highest BCUT2D eigenvalue weighted by molar-refractivity contribution is 7.10. The summed E-state index contributed by atoms with van der Waals surface area (Å²) in [5, 5.41) is 3.83. The topological polar surface area (TPSA) is 66.5 Å². The van der Waals surface area contributed by atoms with E-state index in [4.69, 9.17) is 0 Å². The summed E-state index contributed by atoms with van der Waals surface area (Å²) in [4.78, 5) is 37.5. The Morgan fingerprint density at radius 2 is 1.86 bits per heavy atom. The third-order valence-corrected chi connectivity index (χ3v) is 3.84. The van der Waals surface area contributed by atoms with E-state index in [1.165, 1.54) is 35.6 Å². The monoisotopic (exact) mass is 316 g/mol. The van der Waals surface area contributed by atoms with Crippen LogP contribution in [-0.2, 0) is 9.59 Å². The number of halogens is 1. The van der Waals surface area contributed by atoms with E-state index in [1.807, 2.05) is 5.32 Å². The maximum absolute atomic E-state index is 13.8. The van der Waals surface area contributed by atoms with Gasteiger partial charge in [0.1, 0.15) is 11.4 Å². The van der Waals surface area contributed by atoms with Crippen molar-refractivity contribution < 1.29 is 18.8 Å². The van der Waals surface area contributed by atoms with Crippen molar-refractivity contribution in [2.75, 3.05) is 4.90 Å². The molecule has 2 heterocycles. The van der Waals surface area contributed by atoms with Gasteiger partial charge < -0.3 is 0 Å². The lowest BCUT2D eigenvalue weighted by molar-refractivity contribution is -0.122. The number of carbonyl (C=O) groups is 3. The van der Waals surface area contributed by atoms with Gasteiger partial charge in [-0.1, -0.05) is 18.2 Å². The largest absolute Gasteiger partial charge is 0.336 e. The number of rotatable bonds is 2. The van der Waals surface area contributed by atoms with E-state index in [0.29, 0.717) is 9.78 Å². The Labute approximate surface area is 128 Å². The van der Waals surface area contributed by atoms with Gasteiger partial charge in [-0.25, -0.2) is 14.1 Å². The molecule has 5 nitrogen and oxygen atoms in total. The first-order chi connectivity index (χ1) is 10.6. The highest BCUT2D eigenvalue weighted by Gasteiger charge is 2.37. The van der Waals surface area contributed by atoms with Crippen LogP contribution in [-0.4, -0.2) is 17.8 Å². The standard InChI is InChI=1S/C15H9FN2O3S/c16-11-5-1-2-6-12(11)18-14(20)10(13(19)17-15(18)21)8-9-4-3-7-22-9/h1-8H,(H,17,19,21). The first-order valence-electron chi connectivity index (χ1n) is 6.27. The zero-order chi connectivity index (χ0) is 15.7. The third-order valence-electron chi connectivity index (χ3n) is 3.02. The van der Waals surface area contributed by atoms with Crippen LogP contribution >= 0.6 is 11.3 Å². The summed E-state index contributed by atoms with van der Waals surface area (Å²) in [6, 6.07) is 7.89. The van der Waals surface area contributed by atoms with Crippen molar-refractivity contribution in [1.29, 1.82) is 0 Å². The van der Waals surface area contributed by atoms with Gasteiger partial charge in [-0.05, 0) is 29.7 Å². The van der Waals surface area contributed by atoms with Crippen LogP contribution in [0.15, 0.2) is 47.4 Å². The zero-order valence-corrected chi connectivity index (χ0v) is 11.9. The third kappa shape index (κ3) is 2.42. The van der Waals surface area contributed by atoms with Gasteiger partial charge in [-0.3, -0.25) is 14.9 Å². The van der Waals surface area contributed by atoms with Gasteiger partial charge in [0.25, 0.3) is 11.8 Å². The van der Waals surface area contributed by atoms with Crippen LogP contribution in [0.2, 0.25) is 0 Å². The van der Waals surface area contributed by atoms with Crippen LogP contribution < -0.4 is 10.2 Å². The lowest BCUT2D eigenvalue weighted by Gasteiger charge is -2.26. The van der Waals surface area contributed by atoms with Crippen LogP contribution in [0.3, 0.4) is 0 Å². The van der Waals surface area contributed by atoms with Gasteiger partial charge in [0.2, 0.25) is 0 Å². The van der Waals surface area contributed by atoms with Crippen molar-refractivity contribution in [3.8, 4) is 0 Å². The molecule has 0 radical (unpaired) electrons. The average molecular weight is 316 g/mol. The molecule has 7 heteroatoms. The molecular weight excluding hydrogens is 307 g/mol. The molecule has 0 unspecified atom stereocenters. The summed E-state index contributed by atoms with van der Waals surface area (Å²) in [5.74, 6) is -2.38. The van der Waals surface area contributed by atoms with Crippen LogP contribution in [0.1, 0.15) is 4.88 Å². The Morgan fingerprint density at radius 3 is 2.55 bits per heavy atom. The molecule has 4 amide bonds. The minimum atomic E-state index is -0.969. The highest BCUT2D eigenvalue weighted by atomic mass is 32.1. The number of anilines is 1. The number of amides is 4. The smallest absolute Gasteiger partial charge is 0.273 e. The molecule has 110 valence electrons. The van der Waals surface area contributed by atoms with Gasteiger partial charge in [-0.2, -0.15) is 0 Å². The second-order valence-corrected chi connectivity index (χ2v) is 5.40. The average Bonchev–Trinajstić information content (AvgIpc) is 2.98. The van der Waals surface area contributed by atoms with E-state index in [2.05, 4.69) is 0 Å². The number of hydrogen-bond acceptors (Lipinski definition) is 4. The first kappa shape index (κ1) is 14.2. The molecule has 0 bridgehead atoms. The number of nitrogens with one attached hydrogen (secondary N) is 1. The molecule has 3 rings (SSSR count). The molecular formula is C15H9FN2O3S. The normalized spacial score (nSPS) is 17.0. The molecule has 1 N–H and O–H groups in total. The summed E-state index contributed by atoms with van der Waals surface area (Å²) in [6.07, 6.45) is 1.38. The Hall–Kier alpha value is -2.80. The van der Waals surface area contributed by atoms with Gasteiger partial charge in [0, 0.05) is 4.88 Å². The number of nitrogens with zero attached hydrogens (tertiary/aromatic N) is 1. The number of barbiturate groups is 1. The van der Waals surface area contributed by atoms with Crippen LogP contribution in [0, 0.1) is 5.82 Å². The van der Waals surface area contributed by atoms with Crippen molar-refractivity contribution in [2.45, 2.75) is 0 Å². The first-order valence-corrected chi connectivity index (χ1v) is 7.15. The minimum absolute atomic E-state index is 0.199. The molecule has 22 heavy (non-hydrogen) atoms. The molecule has 1 aliphatic heterocycles. The Morgan fingerprint density at radius 1 is 1.09 bits per heavy atom. The molecule has 1 fully saturated rings. The number of hydrogen-bond donors (Lipinski definition) is 1. The molecule has 1 aliphatic rings. The van der Waals surface area contributed by atoms with Gasteiger partial charge >= 0.3 is 6.03 Å². The van der Waals surface area contributed by atoms with E-state index in [9.17, 15) is 18.8 Å². The van der Waals surface area contributed by atoms with Gasteiger partial charge in [0.05, 0.1) is 5.69 Å². The molecule has 0 spiro atoms. The van der Waals surface area contributed by atoms with Crippen LogP contribution in [0.4, 0.5) is 14.9 Å². The van der Waals surface area contributed by atoms with Crippen molar-refractivity contribution in [1.82, 2.24) is 5.32 Å². The number of urea groups is 1. The second kappa shape index (κ2) is 5.53. The van der Waals surface area contributed by atoms with Crippen molar-refractivity contribution in [3.63, 3.8) is 0 Å². The van der Waals surface area contributed by atoms with Crippen molar-refractivity contribution in [3.05, 3.63) is 58.0 Å². The SMILES string of the molecule is O=C1NC(=O)N(c2ccccc2F)C(=O)C1=Cc1cccs1. The molecule has 1 aromatic carbocycles. The Bertz CT molecular complexity index is 799. The fourth-order valence-electron chi connectivity index (χ4n) is 2.02. The van der Waals surface area contributed by atoms with E-state index in [0.717, 1.165) is 6.07 Å². The van der Waals surface area contributed by atoms with E-state index < -0.39 is 23.7 Å². The summed E-state index contributed by atoms with van der Waals surface area (Å²) in [5.41, 5.74) is -0.417. The van der Waals surface area contributed by atoms with E-state index >= 15 is 0 Å². The minimum Gasteiger partial charge on any atom is -0.273 e. The number of thiophene rings is 1. The van der Waals surface area contributed by atoms with Crippen LogP contribution in [0.25, 0.3) is 6.08 Å². The summed E-state index contributed by atoms with van der Waals surface area (Å²) in [7, 11) is 0. The van der Waals surface area contributed by atoms with E-state index in [-0.39, 0.29) is 11.3 Å². The summed E-state index contributed by atoms with van der Waals surface area (Å²) in [6.45, 7) is 0. The maximum atomic E-state index is 13.8. The quantitative estimate of drug-likeness (QED) is 0.684. The lowest BCUT2D eigenvalue weighted by Crippen LogP contribution is -2.54. The van der Waals surface area contributed by atoms with Crippen molar-refractivity contribution in [2.24, 2.45) is 0 Å². The summed E-state index contributed by atoms with van der Waals surface area (Å²) >= 11 is 1.34. The summed E-state index contributed by atoms with van der Waals surface area (Å²) < 4.78 is 13.8. The van der Waals surface area contributed by atoms with Gasteiger partial charge in [-0.15, -0.1) is 11.3 Å². The Balaban J connectivity index is 2.05. The highest BCUT2D eigenvalue weighted by Crippen LogP contribution is 2.24. The second-order valence-electron chi connectivity index (χ2n) is 4.42. The molecule has 0 atom stereocenters. The van der Waals surface area contributed by atoms with E-state index in [1.54, 1.807) is 17.5 Å². The lowest BCUT2D eigenvalue weighted by atomic mass is 10.1. The van der Waals surface area contributed by atoms with Gasteiger partial charge in [0.15, 0.2) is 0 Å². The molecule has 0 aliphatic carbocycles. The maximum Gasteiger partial charge on any atom is 0.336 e. The molecule has 2 aromatic rings. The van der Waals surface area contributed by atoms with Crippen molar-refractivity contribution >= 4 is 40.9 Å². The number of para-hydroxylation sites is 1. The number of imide groups is 2. The fraction of sp³-hybridized carbons (Fsp3) is 0. The predicted molar refractivity (Wildman–Crippen MR) is 79.7 cm³/mol. The Kier molecular flexibility index (Phi) is 3.56. The fourth-order valence-corrected chi connectivity index (χ4v) is 2.68. The van der Waals surface area contributed by atoms with Crippen LogP contribution in [0.5, 0.6) is 0 Å². The molecule has 1 saturated heterocycles. The zero-order valence-electron chi connectivity index (χ0n) is 11.1. The molecule has 0 saturated carbocycles. The predicted octanol–water partition coefficient (Wildman–Crippen LogP) is 2.55. The number of carbonyl (C=O) groups excluding carboxylic acids is 3. The number of benzene rings is 1.